The third-order valence-corrected chi connectivity index (χ3v) is 4.02. The van der Waals surface area contributed by atoms with Crippen LogP contribution in [0.5, 0.6) is 5.75 Å². The molecule has 0 saturated carbocycles. The average molecular weight is 347 g/mol. The van der Waals surface area contributed by atoms with Crippen molar-refractivity contribution in [2.75, 3.05) is 18.4 Å². The fourth-order valence-corrected chi connectivity index (χ4v) is 2.70. The first-order valence-corrected chi connectivity index (χ1v) is 7.55. The van der Waals surface area contributed by atoms with Gasteiger partial charge in [0, 0.05) is 31.6 Å². The Labute approximate surface area is 137 Å². The zero-order valence-electron chi connectivity index (χ0n) is 12.5. The fourth-order valence-electron chi connectivity index (χ4n) is 2.47. The van der Waals surface area contributed by atoms with E-state index in [0.29, 0.717) is 31.6 Å². The Kier molecular flexibility index (Phi) is 5.76. The van der Waals surface area contributed by atoms with Crippen LogP contribution in [0.3, 0.4) is 0 Å². The third kappa shape index (κ3) is 4.79. The minimum Gasteiger partial charge on any atom is -0.433 e. The summed E-state index contributed by atoms with van der Waals surface area (Å²) in [6.45, 7) is -0.352. The molecule has 1 heterocycles. The van der Waals surface area contributed by atoms with E-state index in [1.54, 1.807) is 4.90 Å². The van der Waals surface area contributed by atoms with E-state index in [1.807, 2.05) is 0 Å². The molecule has 0 bridgehead atoms. The highest BCUT2D eigenvalue weighted by molar-refractivity contribution is 6.32. The highest BCUT2D eigenvalue weighted by Gasteiger charge is 2.26. The Morgan fingerprint density at radius 2 is 2.00 bits per heavy atom. The molecule has 0 aliphatic carbocycles. The number of piperidine rings is 1. The van der Waals surface area contributed by atoms with Gasteiger partial charge < -0.3 is 15.0 Å². The molecule has 1 fully saturated rings. The molecule has 5 nitrogen and oxygen atoms in total. The lowest BCUT2D eigenvalue weighted by atomic mass is 9.96. The van der Waals surface area contributed by atoms with E-state index in [9.17, 15) is 18.4 Å². The Balaban J connectivity index is 1.93. The van der Waals surface area contributed by atoms with Crippen molar-refractivity contribution >= 4 is 29.1 Å². The van der Waals surface area contributed by atoms with E-state index < -0.39 is 6.61 Å². The Morgan fingerprint density at radius 1 is 1.35 bits per heavy atom. The third-order valence-electron chi connectivity index (χ3n) is 3.73. The Bertz CT molecular complexity index is 590. The van der Waals surface area contributed by atoms with Crippen molar-refractivity contribution in [3.8, 4) is 5.75 Å². The number of alkyl halides is 2. The topological polar surface area (TPSA) is 58.6 Å². The summed E-state index contributed by atoms with van der Waals surface area (Å²) in [4.78, 5) is 25.2. The number of rotatable bonds is 4. The van der Waals surface area contributed by atoms with Crippen LogP contribution < -0.4 is 10.1 Å². The summed E-state index contributed by atoms with van der Waals surface area (Å²) in [5.41, 5.74) is 0.413. The number of carbonyl (C=O) groups is 2. The minimum absolute atomic E-state index is 0.00487. The van der Waals surface area contributed by atoms with E-state index in [0.717, 1.165) is 0 Å². The number of nitrogens with zero attached hydrogens (tertiary/aromatic N) is 1. The summed E-state index contributed by atoms with van der Waals surface area (Å²) in [6, 6.07) is 4.09. The molecule has 126 valence electrons. The van der Waals surface area contributed by atoms with Crippen LogP contribution >= 0.6 is 11.6 Å². The highest BCUT2D eigenvalue weighted by atomic mass is 35.5. The number of hydrogen-bond acceptors (Lipinski definition) is 3. The molecule has 0 unspecified atom stereocenters. The zero-order chi connectivity index (χ0) is 17.0. The summed E-state index contributed by atoms with van der Waals surface area (Å²) in [5.74, 6) is -0.507. The van der Waals surface area contributed by atoms with Gasteiger partial charge in [0.15, 0.2) is 0 Å². The number of amides is 2. The predicted octanol–water partition coefficient (Wildman–Crippen LogP) is 3.14. The van der Waals surface area contributed by atoms with Gasteiger partial charge in [-0.05, 0) is 31.0 Å². The van der Waals surface area contributed by atoms with Gasteiger partial charge in [0.2, 0.25) is 11.8 Å². The van der Waals surface area contributed by atoms with Crippen LogP contribution in [0, 0.1) is 5.92 Å². The monoisotopic (exact) mass is 346 g/mol. The number of hydrogen-bond donors (Lipinski definition) is 1. The van der Waals surface area contributed by atoms with Gasteiger partial charge in [-0.2, -0.15) is 8.78 Å². The van der Waals surface area contributed by atoms with Crippen LogP contribution in [-0.2, 0) is 9.59 Å². The second kappa shape index (κ2) is 7.59. The lowest BCUT2D eigenvalue weighted by Gasteiger charge is -2.30. The molecule has 0 spiro atoms. The quantitative estimate of drug-likeness (QED) is 0.911. The molecule has 1 aromatic rings. The van der Waals surface area contributed by atoms with Crippen LogP contribution in [0.2, 0.25) is 5.02 Å². The van der Waals surface area contributed by atoms with Crippen LogP contribution in [0.15, 0.2) is 18.2 Å². The van der Waals surface area contributed by atoms with Gasteiger partial charge in [0.05, 0.1) is 5.02 Å². The minimum atomic E-state index is -2.96. The molecule has 23 heavy (non-hydrogen) atoms. The molecule has 2 amide bonds. The van der Waals surface area contributed by atoms with Crippen molar-refractivity contribution in [1.29, 1.82) is 0 Å². The smallest absolute Gasteiger partial charge is 0.387 e. The second-order valence-electron chi connectivity index (χ2n) is 5.29. The number of benzene rings is 1. The van der Waals surface area contributed by atoms with E-state index in [1.165, 1.54) is 25.1 Å². The summed E-state index contributed by atoms with van der Waals surface area (Å²) in [7, 11) is 0. The molecule has 0 aromatic heterocycles. The van der Waals surface area contributed by atoms with Crippen molar-refractivity contribution in [2.45, 2.75) is 26.4 Å². The van der Waals surface area contributed by atoms with Crippen LogP contribution in [-0.4, -0.2) is 36.4 Å². The molecule has 1 aliphatic heterocycles. The summed E-state index contributed by atoms with van der Waals surface area (Å²) in [6.07, 6.45) is 1.18. The molecule has 0 radical (unpaired) electrons. The van der Waals surface area contributed by atoms with Crippen LogP contribution in [0.4, 0.5) is 14.5 Å². The number of ether oxygens (including phenoxy) is 1. The maximum absolute atomic E-state index is 12.2. The standard InChI is InChI=1S/C15H17ClF2N2O3/c1-9(21)20-6-4-10(5-7-20)14(22)19-11-2-3-13(12(16)8-11)23-15(17)18/h2-3,8,10,15H,4-7H2,1H3,(H,19,22). The molecule has 1 saturated heterocycles. The number of carbonyl (C=O) groups excluding carboxylic acids is 2. The van der Waals surface area contributed by atoms with Crippen LogP contribution in [0.25, 0.3) is 0 Å². The molecular weight excluding hydrogens is 330 g/mol. The average Bonchev–Trinajstić information content (AvgIpc) is 2.49. The van der Waals surface area contributed by atoms with Crippen molar-refractivity contribution in [1.82, 2.24) is 4.90 Å². The van der Waals surface area contributed by atoms with Gasteiger partial charge in [-0.25, -0.2) is 0 Å². The molecule has 1 aliphatic rings. The second-order valence-corrected chi connectivity index (χ2v) is 5.70. The first-order valence-electron chi connectivity index (χ1n) is 7.17. The maximum atomic E-state index is 12.2. The van der Waals surface area contributed by atoms with Gasteiger partial charge >= 0.3 is 6.61 Å². The molecule has 2 rings (SSSR count). The molecule has 0 atom stereocenters. The van der Waals surface area contributed by atoms with E-state index in [2.05, 4.69) is 10.1 Å². The predicted molar refractivity (Wildman–Crippen MR) is 81.7 cm³/mol. The number of likely N-dealkylation sites (tertiary alicyclic amines) is 1. The largest absolute Gasteiger partial charge is 0.433 e. The van der Waals surface area contributed by atoms with Gasteiger partial charge in [0.1, 0.15) is 5.75 Å². The molecule has 1 aromatic carbocycles. The number of nitrogens with one attached hydrogen (secondary N) is 1. The molecule has 8 heteroatoms. The van der Waals surface area contributed by atoms with Crippen LogP contribution in [0.1, 0.15) is 19.8 Å². The zero-order valence-corrected chi connectivity index (χ0v) is 13.3. The van der Waals surface area contributed by atoms with Gasteiger partial charge in [-0.15, -0.1) is 0 Å². The summed E-state index contributed by atoms with van der Waals surface area (Å²) >= 11 is 5.84. The Morgan fingerprint density at radius 3 is 2.52 bits per heavy atom. The first kappa shape index (κ1) is 17.5. The normalized spacial score (nSPS) is 15.6. The van der Waals surface area contributed by atoms with E-state index in [4.69, 9.17) is 11.6 Å². The van der Waals surface area contributed by atoms with Gasteiger partial charge in [-0.3, -0.25) is 9.59 Å². The summed E-state index contributed by atoms with van der Waals surface area (Å²) < 4.78 is 28.6. The number of halogens is 3. The fraction of sp³-hybridized carbons (Fsp3) is 0.467. The lowest BCUT2D eigenvalue weighted by Crippen LogP contribution is -2.40. The van der Waals surface area contributed by atoms with Crippen molar-refractivity contribution in [2.24, 2.45) is 5.92 Å². The SMILES string of the molecule is CC(=O)N1CCC(C(=O)Nc2ccc(OC(F)F)c(Cl)c2)CC1. The Hall–Kier alpha value is -1.89. The lowest BCUT2D eigenvalue weighted by molar-refractivity contribution is -0.132. The molecular formula is C15H17ClF2N2O3. The highest BCUT2D eigenvalue weighted by Crippen LogP contribution is 2.29. The van der Waals surface area contributed by atoms with Crippen molar-refractivity contribution in [3.63, 3.8) is 0 Å². The van der Waals surface area contributed by atoms with E-state index in [-0.39, 0.29) is 28.5 Å². The van der Waals surface area contributed by atoms with Gasteiger partial charge in [0.25, 0.3) is 0 Å². The van der Waals surface area contributed by atoms with Gasteiger partial charge in [-0.1, -0.05) is 11.6 Å². The van der Waals surface area contributed by atoms with E-state index >= 15 is 0 Å². The van der Waals surface area contributed by atoms with Crippen molar-refractivity contribution < 1.29 is 23.1 Å². The first-order chi connectivity index (χ1) is 10.9. The summed E-state index contributed by atoms with van der Waals surface area (Å²) in [5, 5.41) is 2.70. The number of anilines is 1. The molecule has 1 N–H and O–H groups in total. The maximum Gasteiger partial charge on any atom is 0.387 e. The van der Waals surface area contributed by atoms with Crippen molar-refractivity contribution in [3.05, 3.63) is 23.2 Å².